The summed E-state index contributed by atoms with van der Waals surface area (Å²) in [6.45, 7) is 0.796. The number of phenols is 1. The maximum Gasteiger partial charge on any atom is 0.161 e. The number of nitrogens with one attached hydrogen (secondary N) is 1. The van der Waals surface area contributed by atoms with Gasteiger partial charge in [-0.1, -0.05) is 41.4 Å². The average molecular weight is 422 g/mol. The zero-order chi connectivity index (χ0) is 20.1. The molecule has 0 radical (unpaired) electrons. The van der Waals surface area contributed by atoms with Crippen molar-refractivity contribution < 1.29 is 19.0 Å². The van der Waals surface area contributed by atoms with Crippen LogP contribution >= 0.6 is 23.2 Å². The number of rotatable bonds is 7. The third kappa shape index (κ3) is 5.00. The molecule has 3 rings (SSSR count). The van der Waals surface area contributed by atoms with Crippen molar-refractivity contribution in [1.29, 1.82) is 0 Å². The lowest BCUT2D eigenvalue weighted by Gasteiger charge is -2.13. The molecule has 4 nitrogen and oxygen atoms in total. The van der Waals surface area contributed by atoms with Gasteiger partial charge in [-0.15, -0.1) is 0 Å². The van der Waals surface area contributed by atoms with Gasteiger partial charge in [0.1, 0.15) is 12.4 Å². The van der Waals surface area contributed by atoms with Crippen molar-refractivity contribution in [1.82, 2.24) is 0 Å². The zero-order valence-corrected chi connectivity index (χ0v) is 16.5. The number of phenolic OH excluding ortho intramolecular Hbond substituents is 1. The number of anilines is 1. The number of ether oxygens (including phenoxy) is 2. The van der Waals surface area contributed by atoms with E-state index < -0.39 is 0 Å². The highest BCUT2D eigenvalue weighted by atomic mass is 35.5. The van der Waals surface area contributed by atoms with E-state index in [2.05, 4.69) is 5.32 Å². The van der Waals surface area contributed by atoms with Gasteiger partial charge in [-0.3, -0.25) is 0 Å². The van der Waals surface area contributed by atoms with E-state index in [0.29, 0.717) is 30.3 Å². The molecule has 0 spiro atoms. The second-order valence-corrected chi connectivity index (χ2v) is 6.86. The van der Waals surface area contributed by atoms with Gasteiger partial charge in [-0.05, 0) is 47.5 Å². The molecule has 0 amide bonds. The van der Waals surface area contributed by atoms with Crippen LogP contribution in [-0.4, -0.2) is 12.2 Å². The summed E-state index contributed by atoms with van der Waals surface area (Å²) in [6.07, 6.45) is 0. The Balaban J connectivity index is 1.66. The molecule has 0 aliphatic rings. The van der Waals surface area contributed by atoms with Crippen LogP contribution in [0.2, 0.25) is 10.0 Å². The van der Waals surface area contributed by atoms with Crippen LogP contribution in [0.3, 0.4) is 0 Å². The second-order valence-electron chi connectivity index (χ2n) is 6.04. The van der Waals surface area contributed by atoms with Gasteiger partial charge in [-0.25, -0.2) is 4.39 Å². The maximum atomic E-state index is 13.0. The summed E-state index contributed by atoms with van der Waals surface area (Å²) in [5, 5.41) is 13.2. The van der Waals surface area contributed by atoms with E-state index in [-0.39, 0.29) is 21.6 Å². The fourth-order valence-corrected chi connectivity index (χ4v) is 3.04. The van der Waals surface area contributed by atoms with Gasteiger partial charge in [0.15, 0.2) is 17.2 Å². The molecule has 0 fully saturated rings. The van der Waals surface area contributed by atoms with Crippen molar-refractivity contribution >= 4 is 28.9 Å². The first-order valence-electron chi connectivity index (χ1n) is 8.42. The Kier molecular flexibility index (Phi) is 6.49. The van der Waals surface area contributed by atoms with Gasteiger partial charge < -0.3 is 19.9 Å². The minimum Gasteiger partial charge on any atom is -0.505 e. The molecule has 0 bridgehead atoms. The minimum absolute atomic E-state index is 0.141. The SMILES string of the molecule is COc1cc(CNc2cc(Cl)c(O)c(Cl)c2)ccc1OCc1ccc(F)cc1. The van der Waals surface area contributed by atoms with Gasteiger partial charge >= 0.3 is 0 Å². The van der Waals surface area contributed by atoms with Gasteiger partial charge in [0.25, 0.3) is 0 Å². The highest BCUT2D eigenvalue weighted by Crippen LogP contribution is 2.35. The van der Waals surface area contributed by atoms with Crippen LogP contribution in [0.1, 0.15) is 11.1 Å². The van der Waals surface area contributed by atoms with Gasteiger partial charge in [0.2, 0.25) is 0 Å². The van der Waals surface area contributed by atoms with Crippen molar-refractivity contribution in [3.05, 3.63) is 81.6 Å². The summed E-state index contributed by atoms with van der Waals surface area (Å²) < 4.78 is 24.2. The van der Waals surface area contributed by atoms with Gasteiger partial charge in [-0.2, -0.15) is 0 Å². The smallest absolute Gasteiger partial charge is 0.161 e. The number of hydrogen-bond donors (Lipinski definition) is 2. The Labute approximate surface area is 172 Å². The average Bonchev–Trinajstić information content (AvgIpc) is 2.70. The van der Waals surface area contributed by atoms with Crippen LogP contribution in [0.25, 0.3) is 0 Å². The van der Waals surface area contributed by atoms with Crippen LogP contribution < -0.4 is 14.8 Å². The fraction of sp³-hybridized carbons (Fsp3) is 0.143. The first-order valence-corrected chi connectivity index (χ1v) is 9.18. The number of aromatic hydroxyl groups is 1. The monoisotopic (exact) mass is 421 g/mol. The summed E-state index contributed by atoms with van der Waals surface area (Å²) in [5.74, 6) is 0.752. The van der Waals surface area contributed by atoms with Gasteiger partial charge in [0.05, 0.1) is 17.2 Å². The predicted molar refractivity (Wildman–Crippen MR) is 109 cm³/mol. The molecule has 7 heteroatoms. The van der Waals surface area contributed by atoms with Gasteiger partial charge in [0, 0.05) is 12.2 Å². The Morgan fingerprint density at radius 3 is 2.21 bits per heavy atom. The topological polar surface area (TPSA) is 50.7 Å². The number of methoxy groups -OCH3 is 1. The molecular weight excluding hydrogens is 404 g/mol. The largest absolute Gasteiger partial charge is 0.505 e. The number of hydrogen-bond acceptors (Lipinski definition) is 4. The third-order valence-corrected chi connectivity index (χ3v) is 4.63. The normalized spacial score (nSPS) is 10.6. The Morgan fingerprint density at radius 2 is 1.57 bits per heavy atom. The molecule has 3 aromatic rings. The lowest BCUT2D eigenvalue weighted by molar-refractivity contribution is 0.284. The lowest BCUT2D eigenvalue weighted by Crippen LogP contribution is -2.02. The van der Waals surface area contributed by atoms with E-state index >= 15 is 0 Å². The van der Waals surface area contributed by atoms with E-state index in [1.807, 2.05) is 18.2 Å². The summed E-state index contributed by atoms with van der Waals surface area (Å²) >= 11 is 11.9. The highest BCUT2D eigenvalue weighted by molar-refractivity contribution is 6.37. The molecule has 0 aliphatic heterocycles. The Hall–Kier alpha value is -2.63. The second kappa shape index (κ2) is 9.04. The fourth-order valence-electron chi connectivity index (χ4n) is 2.55. The summed E-state index contributed by atoms with van der Waals surface area (Å²) in [6, 6.07) is 14.9. The van der Waals surface area contributed by atoms with Crippen LogP contribution in [0.5, 0.6) is 17.2 Å². The molecule has 2 N–H and O–H groups in total. The standard InChI is InChI=1S/C21H18Cl2FNO3/c1-27-20-8-14(11-25-16-9-17(22)21(26)18(23)10-16)4-7-19(20)28-12-13-2-5-15(24)6-3-13/h2-10,25-26H,11-12H2,1H3. The van der Waals surface area contributed by atoms with Crippen molar-refractivity contribution in [3.8, 4) is 17.2 Å². The quantitative estimate of drug-likeness (QED) is 0.456. The van der Waals surface area contributed by atoms with Crippen LogP contribution in [0.4, 0.5) is 10.1 Å². The first kappa shape index (κ1) is 20.1. The third-order valence-electron chi connectivity index (χ3n) is 4.05. The van der Waals surface area contributed by atoms with E-state index in [4.69, 9.17) is 32.7 Å². The molecule has 0 atom stereocenters. The molecule has 0 unspecified atom stereocenters. The zero-order valence-electron chi connectivity index (χ0n) is 15.0. The molecule has 0 aromatic heterocycles. The molecule has 0 aliphatic carbocycles. The molecule has 3 aromatic carbocycles. The van der Waals surface area contributed by atoms with E-state index in [9.17, 15) is 9.50 Å². The molecule has 0 saturated carbocycles. The molecule has 0 heterocycles. The molecule has 146 valence electrons. The minimum atomic E-state index is -0.283. The van der Waals surface area contributed by atoms with Crippen molar-refractivity contribution in [2.75, 3.05) is 12.4 Å². The lowest BCUT2D eigenvalue weighted by atomic mass is 10.2. The number of benzene rings is 3. The van der Waals surface area contributed by atoms with Crippen LogP contribution in [0.15, 0.2) is 54.6 Å². The summed E-state index contributed by atoms with van der Waals surface area (Å²) in [7, 11) is 1.57. The van der Waals surface area contributed by atoms with E-state index in [0.717, 1.165) is 11.1 Å². The molecule has 28 heavy (non-hydrogen) atoms. The van der Waals surface area contributed by atoms with Crippen molar-refractivity contribution in [3.63, 3.8) is 0 Å². The predicted octanol–water partition coefficient (Wildman–Crippen LogP) is 6.04. The van der Waals surface area contributed by atoms with Crippen LogP contribution in [0, 0.1) is 5.82 Å². The Morgan fingerprint density at radius 1 is 0.929 bits per heavy atom. The molecular formula is C21H18Cl2FNO3. The van der Waals surface area contributed by atoms with Crippen LogP contribution in [-0.2, 0) is 13.2 Å². The van der Waals surface area contributed by atoms with Crippen molar-refractivity contribution in [2.45, 2.75) is 13.2 Å². The number of halogens is 3. The summed E-state index contributed by atoms with van der Waals surface area (Å²) in [4.78, 5) is 0. The summed E-state index contributed by atoms with van der Waals surface area (Å²) in [5.41, 5.74) is 2.49. The highest BCUT2D eigenvalue weighted by Gasteiger charge is 2.09. The maximum absolute atomic E-state index is 13.0. The Bertz CT molecular complexity index is 941. The van der Waals surface area contributed by atoms with E-state index in [1.165, 1.54) is 12.1 Å². The molecule has 0 saturated heterocycles. The van der Waals surface area contributed by atoms with E-state index in [1.54, 1.807) is 31.4 Å². The first-order chi connectivity index (χ1) is 13.5. The van der Waals surface area contributed by atoms with Crippen molar-refractivity contribution in [2.24, 2.45) is 0 Å².